The molecule has 1 atom stereocenters. The molecule has 0 heterocycles. The Balaban J connectivity index is 2.64. The number of esters is 1. The van der Waals surface area contributed by atoms with Crippen LogP contribution in [0.15, 0.2) is 24.3 Å². The Hall–Kier alpha value is -1.68. The van der Waals surface area contributed by atoms with Crippen molar-refractivity contribution in [1.29, 1.82) is 0 Å². The number of carbonyl (C=O) groups excluding carboxylic acids is 3. The third-order valence-electron chi connectivity index (χ3n) is 4.30. The van der Waals surface area contributed by atoms with Gasteiger partial charge in [-0.3, -0.25) is 14.4 Å². The van der Waals surface area contributed by atoms with Crippen molar-refractivity contribution in [3.05, 3.63) is 34.9 Å². The maximum atomic E-state index is 12.7. The van der Waals surface area contributed by atoms with Crippen LogP contribution in [-0.2, 0) is 14.3 Å². The van der Waals surface area contributed by atoms with Crippen LogP contribution in [0, 0.1) is 5.92 Å². The number of hydrogen-bond donors (Lipinski definition) is 0. The highest BCUT2D eigenvalue weighted by atomic mass is 35.5. The second-order valence-electron chi connectivity index (χ2n) is 6.39. The highest BCUT2D eigenvalue weighted by Crippen LogP contribution is 2.23. The fraction of sp³-hybridized carbons (Fsp3) is 0.571. The standard InChI is InChI=1S/C21H29ClO4/c1-3-5-6-7-8-11-16(23)14-15-18(21(25)26-4-2)20(24)17-12-9-10-13-19(17)22/h9-10,12-13,18H,3-8,11,14-15H2,1-2H3. The van der Waals surface area contributed by atoms with Gasteiger partial charge < -0.3 is 4.74 Å². The summed E-state index contributed by atoms with van der Waals surface area (Å²) >= 11 is 6.08. The highest BCUT2D eigenvalue weighted by Gasteiger charge is 2.30. The molecule has 1 rings (SSSR count). The zero-order chi connectivity index (χ0) is 19.4. The van der Waals surface area contributed by atoms with Crippen LogP contribution in [0.1, 0.15) is 75.6 Å². The van der Waals surface area contributed by atoms with Crippen molar-refractivity contribution in [3.8, 4) is 0 Å². The Kier molecular flexibility index (Phi) is 10.9. The van der Waals surface area contributed by atoms with Gasteiger partial charge in [0.15, 0.2) is 5.78 Å². The predicted molar refractivity (Wildman–Crippen MR) is 104 cm³/mol. The summed E-state index contributed by atoms with van der Waals surface area (Å²) in [4.78, 5) is 37.0. The molecular weight excluding hydrogens is 352 g/mol. The van der Waals surface area contributed by atoms with Crippen LogP contribution in [-0.4, -0.2) is 24.1 Å². The molecular formula is C21H29ClO4. The van der Waals surface area contributed by atoms with Crippen molar-refractivity contribution in [2.24, 2.45) is 5.92 Å². The van der Waals surface area contributed by atoms with Crippen molar-refractivity contribution in [2.45, 2.75) is 65.2 Å². The van der Waals surface area contributed by atoms with E-state index in [0.717, 1.165) is 19.3 Å². The van der Waals surface area contributed by atoms with Crippen LogP contribution in [0.4, 0.5) is 0 Å². The van der Waals surface area contributed by atoms with E-state index in [0.29, 0.717) is 17.0 Å². The molecule has 0 aliphatic heterocycles. The third-order valence-corrected chi connectivity index (χ3v) is 4.63. The van der Waals surface area contributed by atoms with Crippen LogP contribution in [0.3, 0.4) is 0 Å². The minimum Gasteiger partial charge on any atom is -0.465 e. The number of benzene rings is 1. The molecule has 0 N–H and O–H groups in total. The number of carbonyl (C=O) groups is 3. The van der Waals surface area contributed by atoms with E-state index >= 15 is 0 Å². The van der Waals surface area contributed by atoms with Crippen LogP contribution in [0.5, 0.6) is 0 Å². The van der Waals surface area contributed by atoms with Gasteiger partial charge in [-0.25, -0.2) is 0 Å². The Bertz CT molecular complexity index is 597. The molecule has 144 valence electrons. The summed E-state index contributed by atoms with van der Waals surface area (Å²) in [6.07, 6.45) is 6.26. The summed E-state index contributed by atoms with van der Waals surface area (Å²) in [6.45, 7) is 4.03. The summed E-state index contributed by atoms with van der Waals surface area (Å²) in [5.41, 5.74) is 0.291. The minimum absolute atomic E-state index is 0.0859. The number of hydrogen-bond acceptors (Lipinski definition) is 4. The van der Waals surface area contributed by atoms with Crippen LogP contribution >= 0.6 is 11.6 Å². The summed E-state index contributed by atoms with van der Waals surface area (Å²) < 4.78 is 5.03. The highest BCUT2D eigenvalue weighted by molar-refractivity contribution is 6.34. The van der Waals surface area contributed by atoms with Crippen LogP contribution in [0.25, 0.3) is 0 Å². The van der Waals surface area contributed by atoms with Gasteiger partial charge >= 0.3 is 5.97 Å². The van der Waals surface area contributed by atoms with Crippen molar-refractivity contribution in [2.75, 3.05) is 6.61 Å². The Labute approximate surface area is 161 Å². The SMILES string of the molecule is CCCCCCCC(=O)CCC(C(=O)OCC)C(=O)c1ccccc1Cl. The normalized spacial score (nSPS) is 11.8. The predicted octanol–water partition coefficient (Wildman–Crippen LogP) is 5.41. The number of ketones is 2. The Morgan fingerprint density at radius 1 is 1.00 bits per heavy atom. The lowest BCUT2D eigenvalue weighted by Gasteiger charge is -2.15. The van der Waals surface area contributed by atoms with Gasteiger partial charge in [-0.05, 0) is 31.9 Å². The molecule has 0 radical (unpaired) electrons. The number of halogens is 1. The lowest BCUT2D eigenvalue weighted by Crippen LogP contribution is -2.27. The molecule has 0 aromatic heterocycles. The first-order valence-corrected chi connectivity index (χ1v) is 9.86. The molecule has 1 unspecified atom stereocenters. The van der Waals surface area contributed by atoms with E-state index < -0.39 is 11.9 Å². The first-order valence-electron chi connectivity index (χ1n) is 9.48. The molecule has 0 spiro atoms. The zero-order valence-corrected chi connectivity index (χ0v) is 16.5. The summed E-state index contributed by atoms with van der Waals surface area (Å²) in [5.74, 6) is -1.88. The second-order valence-corrected chi connectivity index (χ2v) is 6.80. The fourth-order valence-electron chi connectivity index (χ4n) is 2.80. The molecule has 0 aliphatic carbocycles. The molecule has 0 saturated carbocycles. The number of rotatable bonds is 13. The number of Topliss-reactive ketones (excluding diaryl/α,β-unsaturated/α-hetero) is 2. The average Bonchev–Trinajstić information content (AvgIpc) is 2.62. The second kappa shape index (κ2) is 12.6. The van der Waals surface area contributed by atoms with Gasteiger partial charge in [-0.15, -0.1) is 0 Å². The van der Waals surface area contributed by atoms with Crippen molar-refractivity contribution < 1.29 is 19.1 Å². The van der Waals surface area contributed by atoms with Crippen molar-refractivity contribution in [1.82, 2.24) is 0 Å². The molecule has 5 heteroatoms. The van der Waals surface area contributed by atoms with E-state index in [9.17, 15) is 14.4 Å². The number of ether oxygens (including phenoxy) is 1. The van der Waals surface area contributed by atoms with E-state index in [1.807, 2.05) is 0 Å². The van der Waals surface area contributed by atoms with Crippen LogP contribution in [0.2, 0.25) is 5.02 Å². The first-order chi connectivity index (χ1) is 12.5. The Morgan fingerprint density at radius 2 is 1.69 bits per heavy atom. The topological polar surface area (TPSA) is 60.4 Å². The van der Waals surface area contributed by atoms with E-state index in [1.54, 1.807) is 31.2 Å². The maximum Gasteiger partial charge on any atom is 0.316 e. The summed E-state index contributed by atoms with van der Waals surface area (Å²) in [7, 11) is 0. The summed E-state index contributed by atoms with van der Waals surface area (Å²) in [5, 5.41) is 0.300. The fourth-order valence-corrected chi connectivity index (χ4v) is 3.03. The van der Waals surface area contributed by atoms with Gasteiger partial charge in [0.05, 0.1) is 11.6 Å². The first kappa shape index (κ1) is 22.4. The third kappa shape index (κ3) is 7.69. The summed E-state index contributed by atoms with van der Waals surface area (Å²) in [6, 6.07) is 6.62. The monoisotopic (exact) mass is 380 g/mol. The molecule has 0 aliphatic rings. The molecule has 4 nitrogen and oxygen atoms in total. The zero-order valence-electron chi connectivity index (χ0n) is 15.8. The largest absolute Gasteiger partial charge is 0.465 e. The van der Waals surface area contributed by atoms with Gasteiger partial charge in [0.25, 0.3) is 0 Å². The van der Waals surface area contributed by atoms with Gasteiger partial charge in [0.2, 0.25) is 0 Å². The molecule has 0 fully saturated rings. The minimum atomic E-state index is -0.987. The van der Waals surface area contributed by atoms with Gasteiger partial charge in [-0.1, -0.05) is 56.3 Å². The lowest BCUT2D eigenvalue weighted by molar-refractivity contribution is -0.146. The number of unbranched alkanes of at least 4 members (excludes halogenated alkanes) is 4. The van der Waals surface area contributed by atoms with Gasteiger partial charge in [-0.2, -0.15) is 0 Å². The van der Waals surface area contributed by atoms with E-state index in [-0.39, 0.29) is 31.0 Å². The smallest absolute Gasteiger partial charge is 0.316 e. The molecule has 1 aromatic carbocycles. The molecule has 26 heavy (non-hydrogen) atoms. The maximum absolute atomic E-state index is 12.7. The van der Waals surface area contributed by atoms with E-state index in [2.05, 4.69) is 6.92 Å². The molecule has 0 saturated heterocycles. The van der Waals surface area contributed by atoms with E-state index in [4.69, 9.17) is 16.3 Å². The quantitative estimate of drug-likeness (QED) is 0.198. The Morgan fingerprint density at radius 3 is 2.35 bits per heavy atom. The lowest BCUT2D eigenvalue weighted by atomic mass is 9.91. The van der Waals surface area contributed by atoms with E-state index in [1.165, 1.54) is 12.8 Å². The van der Waals surface area contributed by atoms with Crippen LogP contribution < -0.4 is 0 Å². The van der Waals surface area contributed by atoms with Gasteiger partial charge in [0, 0.05) is 18.4 Å². The van der Waals surface area contributed by atoms with Crippen molar-refractivity contribution in [3.63, 3.8) is 0 Å². The van der Waals surface area contributed by atoms with Gasteiger partial charge in [0.1, 0.15) is 11.7 Å². The molecule has 0 amide bonds. The average molecular weight is 381 g/mol. The van der Waals surface area contributed by atoms with Crippen molar-refractivity contribution >= 4 is 29.1 Å². The molecule has 0 bridgehead atoms. The molecule has 1 aromatic rings.